The van der Waals surface area contributed by atoms with E-state index in [1.54, 1.807) is 11.3 Å². The van der Waals surface area contributed by atoms with E-state index in [0.29, 0.717) is 6.54 Å². The van der Waals surface area contributed by atoms with Crippen molar-refractivity contribution in [3.8, 4) is 0 Å². The molecule has 2 rings (SSSR count). The summed E-state index contributed by atoms with van der Waals surface area (Å²) in [7, 11) is 0. The van der Waals surface area contributed by atoms with E-state index in [-0.39, 0.29) is 0 Å². The highest BCUT2D eigenvalue weighted by molar-refractivity contribution is 7.22. The molecule has 0 spiro atoms. The van der Waals surface area contributed by atoms with Crippen molar-refractivity contribution in [3.05, 3.63) is 18.2 Å². The number of aromatic nitrogens is 1. The SMILES string of the molecule is NCCNc1nc2cc(N)ccc2s1. The lowest BCUT2D eigenvalue weighted by atomic mass is 10.3. The summed E-state index contributed by atoms with van der Waals surface area (Å²) in [5, 5.41) is 4.04. The number of fused-ring (bicyclic) bond motifs is 1. The lowest BCUT2D eigenvalue weighted by molar-refractivity contribution is 1.02. The normalized spacial score (nSPS) is 10.6. The number of thiazole rings is 1. The molecule has 1 aromatic carbocycles. The molecule has 1 heterocycles. The Morgan fingerprint density at radius 3 is 3.07 bits per heavy atom. The number of hydrogen-bond donors (Lipinski definition) is 3. The molecule has 14 heavy (non-hydrogen) atoms. The van der Waals surface area contributed by atoms with Gasteiger partial charge in [0.15, 0.2) is 5.13 Å². The Balaban J connectivity index is 2.32. The number of benzene rings is 1. The van der Waals surface area contributed by atoms with E-state index >= 15 is 0 Å². The zero-order chi connectivity index (χ0) is 9.97. The molecule has 4 nitrogen and oxygen atoms in total. The Morgan fingerprint density at radius 2 is 2.29 bits per heavy atom. The van der Waals surface area contributed by atoms with E-state index in [9.17, 15) is 0 Å². The second-order valence-electron chi connectivity index (χ2n) is 2.96. The van der Waals surface area contributed by atoms with E-state index in [0.717, 1.165) is 27.6 Å². The Bertz CT molecular complexity index is 437. The zero-order valence-electron chi connectivity index (χ0n) is 7.66. The minimum Gasteiger partial charge on any atom is -0.399 e. The highest BCUT2D eigenvalue weighted by Crippen LogP contribution is 2.26. The van der Waals surface area contributed by atoms with Crippen LogP contribution < -0.4 is 16.8 Å². The predicted molar refractivity (Wildman–Crippen MR) is 61.6 cm³/mol. The monoisotopic (exact) mass is 208 g/mol. The van der Waals surface area contributed by atoms with Gasteiger partial charge >= 0.3 is 0 Å². The molecule has 0 aliphatic heterocycles. The lowest BCUT2D eigenvalue weighted by Crippen LogP contribution is -2.12. The maximum atomic E-state index is 5.66. The Labute approximate surface area is 85.9 Å². The van der Waals surface area contributed by atoms with Gasteiger partial charge in [0.2, 0.25) is 0 Å². The first kappa shape index (κ1) is 9.23. The summed E-state index contributed by atoms with van der Waals surface area (Å²) >= 11 is 1.61. The second-order valence-corrected chi connectivity index (χ2v) is 3.99. The molecule has 1 aromatic heterocycles. The Kier molecular flexibility index (Phi) is 2.51. The van der Waals surface area contributed by atoms with E-state index in [1.807, 2.05) is 18.2 Å². The van der Waals surface area contributed by atoms with Crippen molar-refractivity contribution in [2.45, 2.75) is 0 Å². The maximum absolute atomic E-state index is 5.66. The van der Waals surface area contributed by atoms with Gasteiger partial charge < -0.3 is 16.8 Å². The number of nitrogens with zero attached hydrogens (tertiary/aromatic N) is 1. The van der Waals surface area contributed by atoms with Gasteiger partial charge in [-0.05, 0) is 18.2 Å². The molecule has 0 aliphatic rings. The van der Waals surface area contributed by atoms with Crippen LogP contribution in [0.15, 0.2) is 18.2 Å². The Hall–Kier alpha value is -1.33. The third-order valence-corrected chi connectivity index (χ3v) is 2.83. The van der Waals surface area contributed by atoms with Crippen molar-refractivity contribution in [1.82, 2.24) is 4.98 Å². The first-order chi connectivity index (χ1) is 6.79. The fourth-order valence-electron chi connectivity index (χ4n) is 1.20. The van der Waals surface area contributed by atoms with Gasteiger partial charge in [0.25, 0.3) is 0 Å². The van der Waals surface area contributed by atoms with Crippen molar-refractivity contribution < 1.29 is 0 Å². The Morgan fingerprint density at radius 1 is 1.43 bits per heavy atom. The average molecular weight is 208 g/mol. The van der Waals surface area contributed by atoms with Crippen LogP contribution in [0.5, 0.6) is 0 Å². The van der Waals surface area contributed by atoms with Crippen molar-refractivity contribution in [1.29, 1.82) is 0 Å². The van der Waals surface area contributed by atoms with Crippen LogP contribution in [0.4, 0.5) is 10.8 Å². The fraction of sp³-hybridized carbons (Fsp3) is 0.222. The van der Waals surface area contributed by atoms with E-state index in [1.165, 1.54) is 0 Å². The number of nitrogen functional groups attached to an aromatic ring is 1. The van der Waals surface area contributed by atoms with Crippen molar-refractivity contribution >= 4 is 32.4 Å². The highest BCUT2D eigenvalue weighted by atomic mass is 32.1. The van der Waals surface area contributed by atoms with E-state index in [4.69, 9.17) is 11.5 Å². The van der Waals surface area contributed by atoms with Crippen LogP contribution in [0.2, 0.25) is 0 Å². The van der Waals surface area contributed by atoms with Crippen LogP contribution in [0.1, 0.15) is 0 Å². The summed E-state index contributed by atoms with van der Waals surface area (Å²) in [5.41, 5.74) is 12.7. The quantitative estimate of drug-likeness (QED) is 0.663. The van der Waals surface area contributed by atoms with Crippen LogP contribution >= 0.6 is 11.3 Å². The molecule has 74 valence electrons. The lowest BCUT2D eigenvalue weighted by Gasteiger charge is -1.96. The van der Waals surface area contributed by atoms with Gasteiger partial charge in [-0.25, -0.2) is 4.98 Å². The summed E-state index contributed by atoms with van der Waals surface area (Å²) < 4.78 is 1.14. The van der Waals surface area contributed by atoms with Gasteiger partial charge in [0.1, 0.15) is 0 Å². The van der Waals surface area contributed by atoms with Crippen molar-refractivity contribution in [2.24, 2.45) is 5.73 Å². The van der Waals surface area contributed by atoms with Crippen LogP contribution in [0.25, 0.3) is 10.2 Å². The second kappa shape index (κ2) is 3.81. The molecular formula is C9H12N4S. The number of anilines is 2. The number of nitrogens with two attached hydrogens (primary N) is 2. The molecule has 0 atom stereocenters. The molecule has 0 saturated heterocycles. The summed E-state index contributed by atoms with van der Waals surface area (Å²) in [5.74, 6) is 0. The van der Waals surface area contributed by atoms with Crippen LogP contribution in [0.3, 0.4) is 0 Å². The maximum Gasteiger partial charge on any atom is 0.183 e. The van der Waals surface area contributed by atoms with Gasteiger partial charge in [0.05, 0.1) is 10.2 Å². The summed E-state index contributed by atoms with van der Waals surface area (Å²) in [6.07, 6.45) is 0. The van der Waals surface area contributed by atoms with Crippen LogP contribution in [0, 0.1) is 0 Å². The topological polar surface area (TPSA) is 77.0 Å². The largest absolute Gasteiger partial charge is 0.399 e. The van der Waals surface area contributed by atoms with Gasteiger partial charge in [-0.3, -0.25) is 0 Å². The van der Waals surface area contributed by atoms with Crippen molar-refractivity contribution in [3.63, 3.8) is 0 Å². The molecule has 0 amide bonds. The minimum absolute atomic E-state index is 0.609. The van der Waals surface area contributed by atoms with Gasteiger partial charge in [0, 0.05) is 18.8 Å². The van der Waals surface area contributed by atoms with Gasteiger partial charge in [-0.1, -0.05) is 11.3 Å². The highest BCUT2D eigenvalue weighted by Gasteiger charge is 2.02. The molecule has 5 heteroatoms. The molecular weight excluding hydrogens is 196 g/mol. The fourth-order valence-corrected chi connectivity index (χ4v) is 2.07. The van der Waals surface area contributed by atoms with E-state index in [2.05, 4.69) is 10.3 Å². The third-order valence-electron chi connectivity index (χ3n) is 1.83. The number of rotatable bonds is 3. The zero-order valence-corrected chi connectivity index (χ0v) is 8.47. The van der Waals surface area contributed by atoms with Crippen molar-refractivity contribution in [2.75, 3.05) is 24.1 Å². The van der Waals surface area contributed by atoms with Crippen LogP contribution in [-0.4, -0.2) is 18.1 Å². The smallest absolute Gasteiger partial charge is 0.183 e. The first-order valence-electron chi connectivity index (χ1n) is 4.39. The average Bonchev–Trinajstić information content (AvgIpc) is 2.56. The van der Waals surface area contributed by atoms with E-state index < -0.39 is 0 Å². The van der Waals surface area contributed by atoms with Gasteiger partial charge in [-0.2, -0.15) is 0 Å². The summed E-state index contributed by atoms with van der Waals surface area (Å²) in [6.45, 7) is 1.35. The molecule has 0 saturated carbocycles. The van der Waals surface area contributed by atoms with Crippen LogP contribution in [-0.2, 0) is 0 Å². The molecule has 0 radical (unpaired) electrons. The molecule has 0 fully saturated rings. The number of nitrogens with one attached hydrogen (secondary N) is 1. The molecule has 0 bridgehead atoms. The third kappa shape index (κ3) is 1.78. The standard InChI is InChI=1S/C9H12N4S/c10-3-4-12-9-13-7-5-6(11)1-2-8(7)14-9/h1-2,5H,3-4,10-11H2,(H,12,13). The van der Waals surface area contributed by atoms with Gasteiger partial charge in [-0.15, -0.1) is 0 Å². The number of hydrogen-bond acceptors (Lipinski definition) is 5. The molecule has 0 aliphatic carbocycles. The minimum atomic E-state index is 0.609. The summed E-state index contributed by atoms with van der Waals surface area (Å²) in [6, 6.07) is 5.74. The first-order valence-corrected chi connectivity index (χ1v) is 5.21. The molecule has 2 aromatic rings. The molecule has 0 unspecified atom stereocenters. The summed E-state index contributed by atoms with van der Waals surface area (Å²) in [4.78, 5) is 4.38. The predicted octanol–water partition coefficient (Wildman–Crippen LogP) is 1.25. The molecule has 5 N–H and O–H groups in total.